The van der Waals surface area contributed by atoms with E-state index in [-0.39, 0.29) is 29.7 Å². The zero-order valence-electron chi connectivity index (χ0n) is 21.2. The SMILES string of the molecule is CC(C)(C)c1ccccc1C(=O)Nc1ccc(N2CCC(=O)[N+]([O-])=C3C4=CC=CCC4CCC32)cc1. The maximum Gasteiger partial charge on any atom is 0.400 e. The van der Waals surface area contributed by atoms with E-state index in [4.69, 9.17) is 0 Å². The fraction of sp³-hybridized carbons (Fsp3) is 0.367. The first kappa shape index (κ1) is 24.0. The molecule has 0 aromatic heterocycles. The number of hydrogen-bond acceptors (Lipinski definition) is 4. The van der Waals surface area contributed by atoms with E-state index in [2.05, 4.69) is 37.1 Å². The lowest BCUT2D eigenvalue weighted by molar-refractivity contribution is -0.383. The minimum absolute atomic E-state index is 0.137. The number of benzene rings is 2. The molecule has 3 aliphatic rings. The number of carbonyl (C=O) groups is 2. The van der Waals surface area contributed by atoms with Gasteiger partial charge >= 0.3 is 5.91 Å². The van der Waals surface area contributed by atoms with Crippen LogP contribution >= 0.6 is 0 Å². The molecule has 1 heterocycles. The van der Waals surface area contributed by atoms with E-state index in [9.17, 15) is 14.8 Å². The highest BCUT2D eigenvalue weighted by molar-refractivity contribution is 6.07. The third-order valence-electron chi connectivity index (χ3n) is 7.50. The van der Waals surface area contributed by atoms with Crippen LogP contribution in [0.25, 0.3) is 0 Å². The topological polar surface area (TPSA) is 75.5 Å². The van der Waals surface area contributed by atoms with Gasteiger partial charge in [-0.05, 0) is 66.5 Å². The van der Waals surface area contributed by atoms with Crippen molar-refractivity contribution < 1.29 is 14.3 Å². The predicted octanol–water partition coefficient (Wildman–Crippen LogP) is 5.59. The standard InChI is InChI=1S/C30H33N3O3/c1-30(2,3)25-11-7-6-10-24(25)29(35)31-21-13-15-22(16-14-21)32-19-18-27(34)33(36)28-23-9-5-4-8-20(23)12-17-26(28)32/h4-7,9-11,13-16,20,26H,8,12,17-19H2,1-3H3,(H,31,35). The van der Waals surface area contributed by atoms with Gasteiger partial charge in [-0.3, -0.25) is 4.79 Å². The fourth-order valence-electron chi connectivity index (χ4n) is 5.68. The number of nitrogens with zero attached hydrogens (tertiary/aromatic N) is 2. The molecule has 2 aromatic carbocycles. The second-order valence-corrected chi connectivity index (χ2v) is 10.9. The average molecular weight is 484 g/mol. The largest absolute Gasteiger partial charge is 0.616 e. The summed E-state index contributed by atoms with van der Waals surface area (Å²) < 4.78 is 0.656. The third kappa shape index (κ3) is 4.48. The van der Waals surface area contributed by atoms with Crippen LogP contribution in [0.3, 0.4) is 0 Å². The van der Waals surface area contributed by atoms with Gasteiger partial charge in [0.25, 0.3) is 5.91 Å². The molecule has 2 amide bonds. The Morgan fingerprint density at radius 3 is 2.58 bits per heavy atom. The highest BCUT2D eigenvalue weighted by Crippen LogP contribution is 2.37. The molecule has 2 unspecified atom stereocenters. The molecule has 6 heteroatoms. The lowest BCUT2D eigenvalue weighted by atomic mass is 9.75. The lowest BCUT2D eigenvalue weighted by Gasteiger charge is -2.37. The molecule has 36 heavy (non-hydrogen) atoms. The number of carbonyl (C=O) groups excluding carboxylic acids is 2. The van der Waals surface area contributed by atoms with E-state index >= 15 is 0 Å². The molecule has 1 fully saturated rings. The Hall–Kier alpha value is -3.67. The van der Waals surface area contributed by atoms with Crippen LogP contribution in [-0.2, 0) is 10.2 Å². The van der Waals surface area contributed by atoms with Crippen LogP contribution in [0.1, 0.15) is 62.4 Å². The maximum absolute atomic E-state index is 13.1. The van der Waals surface area contributed by atoms with Gasteiger partial charge in [-0.25, -0.2) is 4.79 Å². The summed E-state index contributed by atoms with van der Waals surface area (Å²) in [6.07, 6.45) is 9.04. The van der Waals surface area contributed by atoms with Crippen LogP contribution in [-0.4, -0.2) is 34.9 Å². The molecule has 0 spiro atoms. The number of anilines is 2. The highest BCUT2D eigenvalue weighted by Gasteiger charge is 2.43. The molecule has 0 radical (unpaired) electrons. The molecular weight excluding hydrogens is 450 g/mol. The molecule has 1 saturated carbocycles. The molecule has 5 rings (SSSR count). The van der Waals surface area contributed by atoms with Crippen LogP contribution in [0, 0.1) is 11.1 Å². The predicted molar refractivity (Wildman–Crippen MR) is 143 cm³/mol. The second kappa shape index (κ2) is 9.41. The maximum atomic E-state index is 13.1. The van der Waals surface area contributed by atoms with E-state index in [0.29, 0.717) is 34.2 Å². The van der Waals surface area contributed by atoms with E-state index in [1.54, 1.807) is 0 Å². The van der Waals surface area contributed by atoms with Gasteiger partial charge in [0.05, 0.1) is 6.42 Å². The van der Waals surface area contributed by atoms with Crippen LogP contribution in [0.2, 0.25) is 0 Å². The minimum atomic E-state index is -0.380. The normalized spacial score (nSPS) is 21.9. The summed E-state index contributed by atoms with van der Waals surface area (Å²) in [5, 5.41) is 16.0. The molecule has 2 aromatic rings. The summed E-state index contributed by atoms with van der Waals surface area (Å²) >= 11 is 0. The first-order valence-electron chi connectivity index (χ1n) is 12.8. The summed E-state index contributed by atoms with van der Waals surface area (Å²) in [5.74, 6) is -0.212. The minimum Gasteiger partial charge on any atom is -0.616 e. The smallest absolute Gasteiger partial charge is 0.400 e. The Morgan fingerprint density at radius 2 is 1.83 bits per heavy atom. The Bertz CT molecular complexity index is 1280. The summed E-state index contributed by atoms with van der Waals surface area (Å²) in [5.41, 5.74) is 4.78. The number of fused-ring (bicyclic) bond motifs is 3. The van der Waals surface area contributed by atoms with E-state index in [1.807, 2.05) is 60.7 Å². The molecule has 2 aliphatic carbocycles. The van der Waals surface area contributed by atoms with Gasteiger partial charge in [-0.1, -0.05) is 57.2 Å². The summed E-state index contributed by atoms with van der Waals surface area (Å²) in [7, 11) is 0. The van der Waals surface area contributed by atoms with Crippen molar-refractivity contribution in [3.05, 3.63) is 88.7 Å². The molecule has 1 aliphatic heterocycles. The van der Waals surface area contributed by atoms with Crippen molar-refractivity contribution in [2.45, 2.75) is 57.9 Å². The van der Waals surface area contributed by atoms with Crippen molar-refractivity contribution >= 4 is 28.9 Å². The van der Waals surface area contributed by atoms with Crippen molar-refractivity contribution in [3.63, 3.8) is 0 Å². The van der Waals surface area contributed by atoms with Crippen molar-refractivity contribution in [2.24, 2.45) is 5.92 Å². The zero-order chi connectivity index (χ0) is 25.4. The van der Waals surface area contributed by atoms with Crippen LogP contribution in [0.4, 0.5) is 11.4 Å². The van der Waals surface area contributed by atoms with E-state index in [1.165, 1.54) is 0 Å². The zero-order valence-corrected chi connectivity index (χ0v) is 21.2. The van der Waals surface area contributed by atoms with Gasteiger partial charge in [-0.15, -0.1) is 4.74 Å². The Kier molecular flexibility index (Phi) is 6.29. The number of allylic oxidation sites excluding steroid dienone is 3. The summed E-state index contributed by atoms with van der Waals surface area (Å²) in [4.78, 5) is 27.9. The number of rotatable bonds is 3. The summed E-state index contributed by atoms with van der Waals surface area (Å²) in [6.45, 7) is 6.79. The monoisotopic (exact) mass is 483 g/mol. The molecule has 0 saturated heterocycles. The average Bonchev–Trinajstić information content (AvgIpc) is 3.00. The van der Waals surface area contributed by atoms with Gasteiger partial charge in [0.2, 0.25) is 5.71 Å². The number of hydrogen-bond donors (Lipinski definition) is 1. The quantitative estimate of drug-likeness (QED) is 0.456. The van der Waals surface area contributed by atoms with Crippen LogP contribution in [0.15, 0.2) is 72.3 Å². The molecule has 1 N–H and O–H groups in total. The lowest BCUT2D eigenvalue weighted by Crippen LogP contribution is -2.47. The molecule has 6 nitrogen and oxygen atoms in total. The molecule has 186 valence electrons. The van der Waals surface area contributed by atoms with Gasteiger partial charge in [0, 0.05) is 29.1 Å². The van der Waals surface area contributed by atoms with Crippen molar-refractivity contribution in [1.29, 1.82) is 0 Å². The van der Waals surface area contributed by atoms with Crippen LogP contribution < -0.4 is 10.2 Å². The first-order chi connectivity index (χ1) is 17.2. The number of amides is 2. The van der Waals surface area contributed by atoms with E-state index in [0.717, 1.165) is 36.1 Å². The van der Waals surface area contributed by atoms with E-state index < -0.39 is 0 Å². The molecular formula is C30H33N3O3. The number of hydroxylamine groups is 1. The fourth-order valence-corrected chi connectivity index (χ4v) is 5.68. The second-order valence-electron chi connectivity index (χ2n) is 10.9. The Balaban J connectivity index is 1.39. The van der Waals surface area contributed by atoms with Gasteiger partial charge in [-0.2, -0.15) is 0 Å². The molecule has 0 bridgehead atoms. The van der Waals surface area contributed by atoms with Crippen molar-refractivity contribution in [1.82, 2.24) is 0 Å². The van der Waals surface area contributed by atoms with Gasteiger partial charge in [0.15, 0.2) is 0 Å². The highest BCUT2D eigenvalue weighted by atomic mass is 16.5. The Morgan fingerprint density at radius 1 is 1.08 bits per heavy atom. The third-order valence-corrected chi connectivity index (χ3v) is 7.50. The van der Waals surface area contributed by atoms with Gasteiger partial charge in [0.1, 0.15) is 6.04 Å². The molecule has 2 atom stereocenters. The van der Waals surface area contributed by atoms with Gasteiger partial charge < -0.3 is 15.4 Å². The first-order valence-corrected chi connectivity index (χ1v) is 12.8. The van der Waals surface area contributed by atoms with Crippen molar-refractivity contribution in [3.8, 4) is 0 Å². The number of nitrogens with one attached hydrogen (secondary N) is 1. The summed E-state index contributed by atoms with van der Waals surface area (Å²) in [6, 6.07) is 15.3. The van der Waals surface area contributed by atoms with Crippen molar-refractivity contribution in [2.75, 3.05) is 16.8 Å². The Labute approximate surface area is 212 Å². The van der Waals surface area contributed by atoms with Crippen LogP contribution in [0.5, 0.6) is 0 Å².